The molecule has 1 aliphatic rings. The van der Waals surface area contributed by atoms with E-state index in [-0.39, 0.29) is 0 Å². The first-order chi connectivity index (χ1) is 7.07. The predicted octanol–water partition coefficient (Wildman–Crippen LogP) is 1.45. The van der Waals surface area contributed by atoms with Crippen molar-refractivity contribution in [2.75, 3.05) is 13.2 Å². The van der Waals surface area contributed by atoms with Crippen molar-refractivity contribution in [1.29, 1.82) is 0 Å². The summed E-state index contributed by atoms with van der Waals surface area (Å²) >= 11 is 0. The number of hydrogen-bond donors (Lipinski definition) is 0. The van der Waals surface area contributed by atoms with E-state index in [0.717, 1.165) is 12.1 Å². The fraction of sp³-hybridized carbons (Fsp3) is 0.333. The van der Waals surface area contributed by atoms with E-state index in [1.807, 2.05) is 0 Å². The maximum absolute atomic E-state index is 12.2. The highest BCUT2D eigenvalue weighted by atomic mass is 19.4. The largest absolute Gasteiger partial charge is 0.494 e. The normalized spacial score (nSPS) is 17.1. The van der Waals surface area contributed by atoms with Crippen molar-refractivity contribution in [2.24, 2.45) is 0 Å². The Bertz CT molecular complexity index is 330. The zero-order valence-corrected chi connectivity index (χ0v) is 7.75. The molecule has 0 bridgehead atoms. The van der Waals surface area contributed by atoms with Crippen LogP contribution in [0.3, 0.4) is 0 Å². The first-order valence-electron chi connectivity index (χ1n) is 4.48. The molecule has 0 aromatic heterocycles. The fourth-order valence-electron chi connectivity index (χ4n) is 1.38. The SMILES string of the molecule is FC(F)(F)c1ccc(B2OCCO2)cc1. The minimum atomic E-state index is -4.30. The van der Waals surface area contributed by atoms with Crippen LogP contribution in [0.2, 0.25) is 0 Å². The van der Waals surface area contributed by atoms with E-state index in [9.17, 15) is 13.2 Å². The smallest absolute Gasteiger partial charge is 0.405 e. The van der Waals surface area contributed by atoms with Gasteiger partial charge in [-0.3, -0.25) is 0 Å². The molecular weight excluding hydrogens is 208 g/mol. The van der Waals surface area contributed by atoms with Crippen LogP contribution in [0.15, 0.2) is 24.3 Å². The summed E-state index contributed by atoms with van der Waals surface area (Å²) in [5.74, 6) is 0. The zero-order valence-electron chi connectivity index (χ0n) is 7.75. The lowest BCUT2D eigenvalue weighted by atomic mass is 9.79. The molecule has 2 nitrogen and oxygen atoms in total. The van der Waals surface area contributed by atoms with Crippen molar-refractivity contribution in [3.63, 3.8) is 0 Å². The van der Waals surface area contributed by atoms with Crippen LogP contribution < -0.4 is 5.46 Å². The van der Waals surface area contributed by atoms with Crippen LogP contribution in [0.25, 0.3) is 0 Å². The first-order valence-corrected chi connectivity index (χ1v) is 4.48. The van der Waals surface area contributed by atoms with Crippen LogP contribution in [0.4, 0.5) is 13.2 Å². The van der Waals surface area contributed by atoms with Gasteiger partial charge in [0.05, 0.1) is 18.8 Å². The summed E-state index contributed by atoms with van der Waals surface area (Å²) < 4.78 is 47.0. The van der Waals surface area contributed by atoms with Gasteiger partial charge in [-0.1, -0.05) is 24.3 Å². The second-order valence-electron chi connectivity index (χ2n) is 3.19. The molecule has 1 heterocycles. The molecule has 0 N–H and O–H groups in total. The maximum atomic E-state index is 12.2. The highest BCUT2D eigenvalue weighted by Crippen LogP contribution is 2.28. The molecule has 0 amide bonds. The minimum Gasteiger partial charge on any atom is -0.405 e. The van der Waals surface area contributed by atoms with Gasteiger partial charge in [0.2, 0.25) is 0 Å². The second kappa shape index (κ2) is 3.86. The van der Waals surface area contributed by atoms with Gasteiger partial charge in [-0.25, -0.2) is 0 Å². The average Bonchev–Trinajstić information content (AvgIpc) is 2.69. The van der Waals surface area contributed by atoms with E-state index in [0.29, 0.717) is 18.7 Å². The van der Waals surface area contributed by atoms with Crippen molar-refractivity contribution in [3.05, 3.63) is 29.8 Å². The van der Waals surface area contributed by atoms with E-state index in [1.54, 1.807) is 0 Å². The summed E-state index contributed by atoms with van der Waals surface area (Å²) in [6.07, 6.45) is -4.30. The molecule has 1 aromatic rings. The van der Waals surface area contributed by atoms with Gasteiger partial charge in [-0.15, -0.1) is 0 Å². The summed E-state index contributed by atoms with van der Waals surface area (Å²) in [5.41, 5.74) is -0.0512. The molecule has 0 saturated carbocycles. The lowest BCUT2D eigenvalue weighted by molar-refractivity contribution is -0.137. The average molecular weight is 216 g/mol. The van der Waals surface area contributed by atoms with Crippen molar-refractivity contribution in [3.8, 4) is 0 Å². The fourth-order valence-corrected chi connectivity index (χ4v) is 1.38. The molecule has 1 aromatic carbocycles. The van der Waals surface area contributed by atoms with Crippen molar-refractivity contribution in [2.45, 2.75) is 6.18 Å². The van der Waals surface area contributed by atoms with Gasteiger partial charge >= 0.3 is 13.3 Å². The Morgan fingerprint density at radius 3 is 2.00 bits per heavy atom. The van der Waals surface area contributed by atoms with Crippen molar-refractivity contribution in [1.82, 2.24) is 0 Å². The van der Waals surface area contributed by atoms with Gasteiger partial charge < -0.3 is 9.31 Å². The standard InChI is InChI=1S/C9H8BF3O2/c11-9(12,13)7-1-3-8(4-2-7)10-14-5-6-15-10/h1-4H,5-6H2. The van der Waals surface area contributed by atoms with E-state index in [4.69, 9.17) is 9.31 Å². The lowest BCUT2D eigenvalue weighted by Gasteiger charge is -2.08. The van der Waals surface area contributed by atoms with E-state index in [2.05, 4.69) is 0 Å². The van der Waals surface area contributed by atoms with Gasteiger partial charge in [0.25, 0.3) is 0 Å². The van der Waals surface area contributed by atoms with E-state index in [1.165, 1.54) is 12.1 Å². The van der Waals surface area contributed by atoms with Gasteiger partial charge in [-0.2, -0.15) is 13.2 Å². The van der Waals surface area contributed by atoms with Gasteiger partial charge in [0.1, 0.15) is 0 Å². The highest BCUT2D eigenvalue weighted by Gasteiger charge is 2.31. The van der Waals surface area contributed by atoms with Crippen LogP contribution in [0, 0.1) is 0 Å². The molecule has 0 atom stereocenters. The summed E-state index contributed by atoms with van der Waals surface area (Å²) in [7, 11) is -0.521. The van der Waals surface area contributed by atoms with E-state index >= 15 is 0 Å². The molecule has 0 aliphatic carbocycles. The Kier molecular flexibility index (Phi) is 2.71. The zero-order chi connectivity index (χ0) is 10.9. The molecule has 1 saturated heterocycles. The summed E-state index contributed by atoms with van der Waals surface area (Å²) in [4.78, 5) is 0. The summed E-state index contributed by atoms with van der Waals surface area (Å²) in [6.45, 7) is 0.956. The molecule has 0 spiro atoms. The Morgan fingerprint density at radius 2 is 1.53 bits per heavy atom. The molecule has 80 valence electrons. The maximum Gasteiger partial charge on any atom is 0.494 e. The Balaban J connectivity index is 2.16. The highest BCUT2D eigenvalue weighted by molar-refractivity contribution is 6.61. The Morgan fingerprint density at radius 1 is 1.00 bits per heavy atom. The Hall–Kier alpha value is -1.01. The van der Waals surface area contributed by atoms with Gasteiger partial charge in [-0.05, 0) is 5.46 Å². The quantitative estimate of drug-likeness (QED) is 0.661. The van der Waals surface area contributed by atoms with Crippen molar-refractivity contribution >= 4 is 12.6 Å². The van der Waals surface area contributed by atoms with Crippen LogP contribution in [0.5, 0.6) is 0 Å². The minimum absolute atomic E-state index is 0.478. The van der Waals surface area contributed by atoms with Crippen LogP contribution in [-0.4, -0.2) is 20.3 Å². The molecule has 2 rings (SSSR count). The van der Waals surface area contributed by atoms with Crippen molar-refractivity contribution < 1.29 is 22.5 Å². The van der Waals surface area contributed by atoms with Crippen LogP contribution >= 0.6 is 0 Å². The third-order valence-electron chi connectivity index (χ3n) is 2.13. The molecular formula is C9H8BF3O2. The Labute approximate surface area is 85.1 Å². The molecule has 1 fully saturated rings. The number of benzene rings is 1. The first kappa shape index (κ1) is 10.5. The topological polar surface area (TPSA) is 18.5 Å². The molecule has 0 unspecified atom stereocenters. The number of rotatable bonds is 1. The third-order valence-corrected chi connectivity index (χ3v) is 2.13. The van der Waals surface area contributed by atoms with Gasteiger partial charge in [0, 0.05) is 0 Å². The number of alkyl halides is 3. The monoisotopic (exact) mass is 216 g/mol. The van der Waals surface area contributed by atoms with Crippen LogP contribution in [-0.2, 0) is 15.5 Å². The number of hydrogen-bond acceptors (Lipinski definition) is 2. The van der Waals surface area contributed by atoms with Crippen LogP contribution in [0.1, 0.15) is 5.56 Å². The summed E-state index contributed by atoms with van der Waals surface area (Å²) in [6, 6.07) is 4.80. The molecule has 0 radical (unpaired) electrons. The summed E-state index contributed by atoms with van der Waals surface area (Å²) in [5, 5.41) is 0. The lowest BCUT2D eigenvalue weighted by Crippen LogP contribution is -2.31. The molecule has 1 aliphatic heterocycles. The van der Waals surface area contributed by atoms with E-state index < -0.39 is 18.9 Å². The second-order valence-corrected chi connectivity index (χ2v) is 3.19. The number of halogens is 3. The predicted molar refractivity (Wildman–Crippen MR) is 48.7 cm³/mol. The molecule has 6 heteroatoms. The molecule has 15 heavy (non-hydrogen) atoms. The third kappa shape index (κ3) is 2.32. The van der Waals surface area contributed by atoms with Gasteiger partial charge in [0.15, 0.2) is 0 Å².